The second kappa shape index (κ2) is 4.21. The highest BCUT2D eigenvalue weighted by molar-refractivity contribution is 6.03. The number of carbonyl (C=O) groups is 1. The zero-order chi connectivity index (χ0) is 12.4. The maximum atomic E-state index is 11.9. The number of fused-ring (bicyclic) bond motifs is 1. The highest BCUT2D eigenvalue weighted by Gasteiger charge is 2.09. The molecule has 0 saturated carbocycles. The van der Waals surface area contributed by atoms with Gasteiger partial charge in [0, 0.05) is 17.8 Å². The largest absolute Gasteiger partial charge is 0.289 e. The van der Waals surface area contributed by atoms with Crippen LogP contribution in [0.2, 0.25) is 0 Å². The van der Waals surface area contributed by atoms with E-state index < -0.39 is 0 Å². The lowest BCUT2D eigenvalue weighted by Crippen LogP contribution is -2.14. The Morgan fingerprint density at radius 2 is 2.22 bits per heavy atom. The van der Waals surface area contributed by atoms with Crippen LogP contribution in [-0.4, -0.2) is 31.1 Å². The van der Waals surface area contributed by atoms with Gasteiger partial charge in [-0.1, -0.05) is 0 Å². The van der Waals surface area contributed by atoms with Gasteiger partial charge < -0.3 is 0 Å². The molecule has 3 rings (SSSR count). The number of rotatable bonds is 2. The van der Waals surface area contributed by atoms with Crippen molar-refractivity contribution in [1.29, 1.82) is 0 Å². The Hall–Kier alpha value is -2.83. The van der Waals surface area contributed by atoms with Gasteiger partial charge in [0.2, 0.25) is 5.95 Å². The first-order valence-electron chi connectivity index (χ1n) is 5.20. The van der Waals surface area contributed by atoms with Crippen LogP contribution in [0.5, 0.6) is 0 Å². The fourth-order valence-electron chi connectivity index (χ4n) is 1.53. The third-order valence-electron chi connectivity index (χ3n) is 2.37. The molecule has 7 nitrogen and oxygen atoms in total. The summed E-state index contributed by atoms with van der Waals surface area (Å²) in [4.78, 5) is 23.9. The maximum Gasteiger partial charge on any atom is 0.276 e. The van der Waals surface area contributed by atoms with Crippen molar-refractivity contribution >= 4 is 22.8 Å². The number of carbonyl (C=O) groups excluding carboxylic acids is 1. The highest BCUT2D eigenvalue weighted by atomic mass is 16.2. The zero-order valence-corrected chi connectivity index (χ0v) is 9.16. The molecule has 0 aliphatic rings. The predicted octanol–water partition coefficient (Wildman–Crippen LogP) is 1.00. The SMILES string of the molecule is O=C(Nc1ncn[nH]1)c1ccc2cnccc2n1. The summed E-state index contributed by atoms with van der Waals surface area (Å²) < 4.78 is 0. The van der Waals surface area contributed by atoms with E-state index in [0.717, 1.165) is 10.9 Å². The van der Waals surface area contributed by atoms with Gasteiger partial charge in [-0.15, -0.1) is 0 Å². The van der Waals surface area contributed by atoms with E-state index in [4.69, 9.17) is 0 Å². The molecule has 0 spiro atoms. The molecular weight excluding hydrogens is 232 g/mol. The molecule has 0 saturated heterocycles. The molecule has 88 valence electrons. The molecule has 0 aliphatic carbocycles. The van der Waals surface area contributed by atoms with Gasteiger partial charge in [0.25, 0.3) is 5.91 Å². The molecule has 0 aromatic carbocycles. The number of aromatic nitrogens is 5. The van der Waals surface area contributed by atoms with E-state index in [1.54, 1.807) is 30.6 Å². The number of amides is 1. The molecule has 3 heterocycles. The second-order valence-electron chi connectivity index (χ2n) is 3.55. The summed E-state index contributed by atoms with van der Waals surface area (Å²) in [6.07, 6.45) is 4.64. The summed E-state index contributed by atoms with van der Waals surface area (Å²) in [7, 11) is 0. The lowest BCUT2D eigenvalue weighted by atomic mass is 10.2. The molecule has 0 atom stereocenters. The Labute approximate surface area is 101 Å². The second-order valence-corrected chi connectivity index (χ2v) is 3.55. The van der Waals surface area contributed by atoms with Crippen LogP contribution in [0.25, 0.3) is 10.9 Å². The van der Waals surface area contributed by atoms with Gasteiger partial charge in [0.15, 0.2) is 0 Å². The van der Waals surface area contributed by atoms with Crippen LogP contribution in [0.3, 0.4) is 0 Å². The average Bonchev–Trinajstić information content (AvgIpc) is 2.91. The predicted molar refractivity (Wildman–Crippen MR) is 63.9 cm³/mol. The first kappa shape index (κ1) is 10.3. The van der Waals surface area contributed by atoms with Crippen LogP contribution in [0.4, 0.5) is 5.95 Å². The quantitative estimate of drug-likeness (QED) is 0.696. The van der Waals surface area contributed by atoms with E-state index in [1.807, 2.05) is 0 Å². The Morgan fingerprint density at radius 3 is 3.06 bits per heavy atom. The average molecular weight is 240 g/mol. The number of H-pyrrole nitrogens is 1. The minimum atomic E-state index is -0.342. The Kier molecular flexibility index (Phi) is 2.41. The van der Waals surface area contributed by atoms with Crippen molar-refractivity contribution in [2.75, 3.05) is 5.32 Å². The smallest absolute Gasteiger partial charge is 0.276 e. The molecule has 2 N–H and O–H groups in total. The van der Waals surface area contributed by atoms with E-state index in [0.29, 0.717) is 5.69 Å². The molecular formula is C11H8N6O. The van der Waals surface area contributed by atoms with Gasteiger partial charge in [-0.3, -0.25) is 15.1 Å². The molecule has 1 amide bonds. The van der Waals surface area contributed by atoms with Crippen molar-refractivity contribution in [3.05, 3.63) is 42.6 Å². The summed E-state index contributed by atoms with van der Waals surface area (Å²) in [5, 5.41) is 9.62. The van der Waals surface area contributed by atoms with E-state index in [-0.39, 0.29) is 11.9 Å². The number of hydrogen-bond acceptors (Lipinski definition) is 5. The van der Waals surface area contributed by atoms with Gasteiger partial charge >= 0.3 is 0 Å². The minimum absolute atomic E-state index is 0.289. The van der Waals surface area contributed by atoms with Crippen molar-refractivity contribution < 1.29 is 4.79 Å². The van der Waals surface area contributed by atoms with E-state index in [2.05, 4.69) is 30.5 Å². The first-order chi connectivity index (χ1) is 8.83. The molecule has 7 heteroatoms. The molecule has 0 fully saturated rings. The van der Waals surface area contributed by atoms with Crippen molar-refractivity contribution in [3.63, 3.8) is 0 Å². The topological polar surface area (TPSA) is 96.5 Å². The summed E-state index contributed by atoms with van der Waals surface area (Å²) in [6, 6.07) is 5.18. The fraction of sp³-hybridized carbons (Fsp3) is 0. The van der Waals surface area contributed by atoms with E-state index in [9.17, 15) is 4.79 Å². The van der Waals surface area contributed by atoms with Crippen LogP contribution in [0.1, 0.15) is 10.5 Å². The highest BCUT2D eigenvalue weighted by Crippen LogP contribution is 2.11. The van der Waals surface area contributed by atoms with Gasteiger partial charge in [0.1, 0.15) is 12.0 Å². The number of nitrogens with one attached hydrogen (secondary N) is 2. The van der Waals surface area contributed by atoms with Gasteiger partial charge in [-0.2, -0.15) is 10.1 Å². The Balaban J connectivity index is 1.92. The van der Waals surface area contributed by atoms with Gasteiger partial charge in [-0.05, 0) is 18.2 Å². The van der Waals surface area contributed by atoms with Crippen molar-refractivity contribution in [3.8, 4) is 0 Å². The Bertz CT molecular complexity index is 694. The third kappa shape index (κ3) is 1.88. The third-order valence-corrected chi connectivity index (χ3v) is 2.37. The number of anilines is 1. The van der Waals surface area contributed by atoms with Gasteiger partial charge in [-0.25, -0.2) is 10.1 Å². The lowest BCUT2D eigenvalue weighted by molar-refractivity contribution is 0.102. The summed E-state index contributed by atoms with van der Waals surface area (Å²) in [5.41, 5.74) is 1.03. The van der Waals surface area contributed by atoms with Crippen molar-refractivity contribution in [2.45, 2.75) is 0 Å². The monoisotopic (exact) mass is 240 g/mol. The minimum Gasteiger partial charge on any atom is -0.289 e. The van der Waals surface area contributed by atoms with Crippen LogP contribution >= 0.6 is 0 Å². The molecule has 3 aromatic rings. The summed E-state index contributed by atoms with van der Waals surface area (Å²) in [5.74, 6) is -0.0536. The lowest BCUT2D eigenvalue weighted by Gasteiger charge is -2.02. The number of aromatic amines is 1. The molecule has 0 radical (unpaired) electrons. The van der Waals surface area contributed by atoms with Crippen LogP contribution in [-0.2, 0) is 0 Å². The Morgan fingerprint density at radius 1 is 1.28 bits per heavy atom. The van der Waals surface area contributed by atoms with Gasteiger partial charge in [0.05, 0.1) is 5.52 Å². The molecule has 0 bridgehead atoms. The number of hydrogen-bond donors (Lipinski definition) is 2. The van der Waals surface area contributed by atoms with E-state index >= 15 is 0 Å². The molecule has 0 aliphatic heterocycles. The standard InChI is InChI=1S/C11H8N6O/c18-10(16-11-13-6-14-17-11)9-2-1-7-5-12-4-3-8(7)15-9/h1-6H,(H2,13,14,16,17,18). The first-order valence-corrected chi connectivity index (χ1v) is 5.20. The molecule has 3 aromatic heterocycles. The zero-order valence-electron chi connectivity index (χ0n) is 9.16. The normalized spacial score (nSPS) is 10.4. The van der Waals surface area contributed by atoms with Crippen molar-refractivity contribution in [1.82, 2.24) is 25.1 Å². The summed E-state index contributed by atoms with van der Waals surface area (Å²) >= 11 is 0. The van der Waals surface area contributed by atoms with Crippen molar-refractivity contribution in [2.24, 2.45) is 0 Å². The number of pyridine rings is 2. The van der Waals surface area contributed by atoms with Crippen LogP contribution < -0.4 is 5.32 Å². The number of nitrogens with zero attached hydrogens (tertiary/aromatic N) is 4. The van der Waals surface area contributed by atoms with Crippen LogP contribution in [0, 0.1) is 0 Å². The molecule has 18 heavy (non-hydrogen) atoms. The molecule has 0 unspecified atom stereocenters. The summed E-state index contributed by atoms with van der Waals surface area (Å²) in [6.45, 7) is 0. The maximum absolute atomic E-state index is 11.9. The van der Waals surface area contributed by atoms with E-state index in [1.165, 1.54) is 6.33 Å². The van der Waals surface area contributed by atoms with Crippen LogP contribution in [0.15, 0.2) is 36.9 Å². The fourth-order valence-corrected chi connectivity index (χ4v) is 1.53.